The zero-order valence-corrected chi connectivity index (χ0v) is 18.8. The molecule has 0 saturated heterocycles. The fourth-order valence-electron chi connectivity index (χ4n) is 3.01. The highest BCUT2D eigenvalue weighted by Gasteiger charge is 2.25. The molecule has 1 aliphatic carbocycles. The van der Waals surface area contributed by atoms with Crippen molar-refractivity contribution in [1.82, 2.24) is 20.2 Å². The van der Waals surface area contributed by atoms with Gasteiger partial charge in [0.25, 0.3) is 5.91 Å². The molecule has 1 saturated carbocycles. The maximum atomic E-state index is 12.6. The van der Waals surface area contributed by atoms with Crippen LogP contribution in [0.4, 0.5) is 21.1 Å². The van der Waals surface area contributed by atoms with Crippen LogP contribution in [-0.2, 0) is 11.3 Å². The number of halogens is 1. The van der Waals surface area contributed by atoms with Crippen molar-refractivity contribution in [3.8, 4) is 0 Å². The summed E-state index contributed by atoms with van der Waals surface area (Å²) in [5, 5.41) is 11.3. The van der Waals surface area contributed by atoms with E-state index in [1.807, 2.05) is 6.92 Å². The molecule has 1 heterocycles. The molecule has 4 N–H and O–H groups in total. The average molecular weight is 463 g/mol. The van der Waals surface area contributed by atoms with Gasteiger partial charge in [0.05, 0.1) is 6.61 Å². The van der Waals surface area contributed by atoms with E-state index in [1.54, 1.807) is 35.9 Å². The number of benzene rings is 1. The molecule has 0 radical (unpaired) electrons. The molecule has 11 heteroatoms. The summed E-state index contributed by atoms with van der Waals surface area (Å²) >= 11 is 5.95. The van der Waals surface area contributed by atoms with Gasteiger partial charge >= 0.3 is 12.1 Å². The molecule has 0 spiro atoms. The van der Waals surface area contributed by atoms with E-state index in [2.05, 4.69) is 26.3 Å². The number of urea groups is 1. The van der Waals surface area contributed by atoms with Gasteiger partial charge in [0.15, 0.2) is 5.82 Å². The van der Waals surface area contributed by atoms with E-state index < -0.39 is 18.0 Å². The third-order valence-electron chi connectivity index (χ3n) is 4.77. The topological polar surface area (TPSA) is 126 Å². The van der Waals surface area contributed by atoms with Gasteiger partial charge in [-0.25, -0.2) is 14.6 Å². The molecule has 1 fully saturated rings. The molecular formula is C21H27ClN6O4. The molecule has 32 heavy (non-hydrogen) atoms. The Labute approximate surface area is 191 Å². The normalized spacial score (nSPS) is 12.7. The van der Waals surface area contributed by atoms with Crippen LogP contribution in [-0.4, -0.2) is 47.3 Å². The minimum atomic E-state index is -0.537. The fraction of sp³-hybridized carbons (Fsp3) is 0.429. The minimum Gasteiger partial charge on any atom is -0.450 e. The van der Waals surface area contributed by atoms with Gasteiger partial charge in [-0.1, -0.05) is 11.6 Å². The van der Waals surface area contributed by atoms with Crippen molar-refractivity contribution in [2.45, 2.75) is 33.2 Å². The molecule has 0 aliphatic heterocycles. The first kappa shape index (κ1) is 23.4. The van der Waals surface area contributed by atoms with Crippen LogP contribution in [0.3, 0.4) is 0 Å². The molecule has 4 amide bonds. The second kappa shape index (κ2) is 10.9. The van der Waals surface area contributed by atoms with Crippen molar-refractivity contribution in [3.05, 3.63) is 40.8 Å². The van der Waals surface area contributed by atoms with Crippen LogP contribution in [0.15, 0.2) is 24.4 Å². The maximum absolute atomic E-state index is 12.6. The lowest BCUT2D eigenvalue weighted by molar-refractivity contribution is 0.0937. The van der Waals surface area contributed by atoms with Crippen molar-refractivity contribution in [1.29, 1.82) is 0 Å². The Balaban J connectivity index is 1.60. The minimum absolute atomic E-state index is 0.200. The van der Waals surface area contributed by atoms with Crippen molar-refractivity contribution in [3.63, 3.8) is 0 Å². The van der Waals surface area contributed by atoms with Crippen molar-refractivity contribution < 1.29 is 19.1 Å². The highest BCUT2D eigenvalue weighted by molar-refractivity contribution is 6.30. The number of aromatic nitrogens is 2. The zero-order chi connectivity index (χ0) is 23.1. The molecule has 0 bridgehead atoms. The summed E-state index contributed by atoms with van der Waals surface area (Å²) in [5.41, 5.74) is 1.44. The fourth-order valence-corrected chi connectivity index (χ4v) is 3.24. The van der Waals surface area contributed by atoms with E-state index in [1.165, 1.54) is 0 Å². The first-order chi connectivity index (χ1) is 15.4. The lowest BCUT2D eigenvalue weighted by atomic mass is 10.2. The summed E-state index contributed by atoms with van der Waals surface area (Å²) in [6.45, 7) is 4.91. The number of aryl methyl sites for hydroxylation is 1. The van der Waals surface area contributed by atoms with Crippen LogP contribution in [0.2, 0.25) is 5.02 Å². The summed E-state index contributed by atoms with van der Waals surface area (Å²) in [6.07, 6.45) is 3.31. The Hall–Kier alpha value is -3.27. The number of alkyl carbamates (subject to hydrolysis) is 1. The lowest BCUT2D eigenvalue weighted by Crippen LogP contribution is -2.36. The molecule has 1 aromatic heterocycles. The van der Waals surface area contributed by atoms with Gasteiger partial charge in [0, 0.05) is 36.5 Å². The van der Waals surface area contributed by atoms with Gasteiger partial charge in [-0.3, -0.25) is 10.1 Å². The Bertz CT molecular complexity index is 989. The van der Waals surface area contributed by atoms with Gasteiger partial charge in [-0.15, -0.1) is 0 Å². The number of ether oxygens (including phenoxy) is 1. The van der Waals surface area contributed by atoms with E-state index in [4.69, 9.17) is 16.3 Å². The number of anilines is 2. The van der Waals surface area contributed by atoms with Crippen LogP contribution < -0.4 is 21.3 Å². The van der Waals surface area contributed by atoms with Crippen molar-refractivity contribution >= 4 is 41.1 Å². The SMILES string of the molecule is CCOC(=O)NCCNC(=O)c1nc(NC(=O)Nc2ccc(Cl)cc2C)cn1CC1CC1. The molecule has 2 aromatic rings. The predicted octanol–water partition coefficient (Wildman–Crippen LogP) is 3.37. The highest BCUT2D eigenvalue weighted by atomic mass is 35.5. The third-order valence-corrected chi connectivity index (χ3v) is 5.00. The molecule has 10 nitrogen and oxygen atoms in total. The molecule has 0 unspecified atom stereocenters. The Kier molecular flexibility index (Phi) is 7.93. The number of carbonyl (C=O) groups excluding carboxylic acids is 3. The number of rotatable bonds is 9. The number of nitrogens with one attached hydrogen (secondary N) is 4. The monoisotopic (exact) mass is 462 g/mol. The summed E-state index contributed by atoms with van der Waals surface area (Å²) < 4.78 is 6.51. The van der Waals surface area contributed by atoms with Gasteiger partial charge in [0.1, 0.15) is 0 Å². The molecule has 0 atom stereocenters. The van der Waals surface area contributed by atoms with E-state index in [9.17, 15) is 14.4 Å². The standard InChI is InChI=1S/C21H27ClN6O4/c1-3-32-21(31)24-9-8-23-19(29)18-26-17(12-28(18)11-14-4-5-14)27-20(30)25-16-7-6-15(22)10-13(16)2/h6-7,10,12,14H,3-5,8-9,11H2,1-2H3,(H,23,29)(H,24,31)(H2,25,27,30). The summed E-state index contributed by atoms with van der Waals surface area (Å²) in [5.74, 6) is 0.577. The maximum Gasteiger partial charge on any atom is 0.407 e. The summed E-state index contributed by atoms with van der Waals surface area (Å²) in [6, 6.07) is 4.68. The van der Waals surface area contributed by atoms with E-state index >= 15 is 0 Å². The van der Waals surface area contributed by atoms with Crippen LogP contribution in [0, 0.1) is 12.8 Å². The van der Waals surface area contributed by atoms with Gasteiger partial charge in [-0.05, 0) is 56.4 Å². The van der Waals surface area contributed by atoms with E-state index in [-0.39, 0.29) is 31.3 Å². The Morgan fingerprint density at radius 1 is 1.19 bits per heavy atom. The Morgan fingerprint density at radius 3 is 2.62 bits per heavy atom. The van der Waals surface area contributed by atoms with Crippen LogP contribution in [0.25, 0.3) is 0 Å². The average Bonchev–Trinajstić information content (AvgIpc) is 3.46. The lowest BCUT2D eigenvalue weighted by Gasteiger charge is -2.08. The van der Waals surface area contributed by atoms with Gasteiger partial charge in [-0.2, -0.15) is 0 Å². The predicted molar refractivity (Wildman–Crippen MR) is 121 cm³/mol. The van der Waals surface area contributed by atoms with Crippen LogP contribution in [0.5, 0.6) is 0 Å². The largest absolute Gasteiger partial charge is 0.450 e. The quantitative estimate of drug-likeness (QED) is 0.425. The van der Waals surface area contributed by atoms with Crippen LogP contribution in [0.1, 0.15) is 35.9 Å². The van der Waals surface area contributed by atoms with Crippen molar-refractivity contribution in [2.24, 2.45) is 5.92 Å². The smallest absolute Gasteiger partial charge is 0.407 e. The first-order valence-corrected chi connectivity index (χ1v) is 10.8. The summed E-state index contributed by atoms with van der Waals surface area (Å²) in [4.78, 5) is 40.6. The number of imidazole rings is 1. The molecule has 1 aliphatic rings. The third kappa shape index (κ3) is 6.88. The molecule has 3 rings (SSSR count). The van der Waals surface area contributed by atoms with Crippen molar-refractivity contribution in [2.75, 3.05) is 30.3 Å². The van der Waals surface area contributed by atoms with Gasteiger partial charge < -0.3 is 25.3 Å². The van der Waals surface area contributed by atoms with Gasteiger partial charge in [0.2, 0.25) is 5.82 Å². The number of hydrogen-bond donors (Lipinski definition) is 4. The number of hydrogen-bond acceptors (Lipinski definition) is 5. The second-order valence-corrected chi connectivity index (χ2v) is 7.92. The van der Waals surface area contributed by atoms with Crippen LogP contribution >= 0.6 is 11.6 Å². The second-order valence-electron chi connectivity index (χ2n) is 7.49. The van der Waals surface area contributed by atoms with E-state index in [0.29, 0.717) is 23.2 Å². The number of carbonyl (C=O) groups is 3. The molecular weight excluding hydrogens is 436 g/mol. The molecule has 1 aromatic carbocycles. The number of nitrogens with zero attached hydrogens (tertiary/aromatic N) is 2. The number of amides is 4. The van der Waals surface area contributed by atoms with E-state index in [0.717, 1.165) is 18.4 Å². The Morgan fingerprint density at radius 2 is 1.94 bits per heavy atom. The first-order valence-electron chi connectivity index (χ1n) is 10.5. The summed E-state index contributed by atoms with van der Waals surface area (Å²) in [7, 11) is 0. The zero-order valence-electron chi connectivity index (χ0n) is 18.0. The molecule has 172 valence electrons. The highest BCUT2D eigenvalue weighted by Crippen LogP contribution is 2.31.